The molecule has 0 bridgehead atoms. The van der Waals surface area contributed by atoms with Gasteiger partial charge in [-0.2, -0.15) is 0 Å². The summed E-state index contributed by atoms with van der Waals surface area (Å²) in [5.74, 6) is 1.14. The van der Waals surface area contributed by atoms with Crippen molar-refractivity contribution < 1.29 is 4.79 Å². The summed E-state index contributed by atoms with van der Waals surface area (Å²) in [6.45, 7) is 0. The van der Waals surface area contributed by atoms with Gasteiger partial charge in [0.15, 0.2) is 5.16 Å². The van der Waals surface area contributed by atoms with Crippen LogP contribution in [0.1, 0.15) is 49.7 Å². The van der Waals surface area contributed by atoms with Crippen molar-refractivity contribution in [2.75, 3.05) is 5.75 Å². The van der Waals surface area contributed by atoms with E-state index in [1.54, 1.807) is 4.57 Å². The first-order valence-corrected chi connectivity index (χ1v) is 12.1. The highest BCUT2D eigenvalue weighted by Gasteiger charge is 2.26. The maximum atomic E-state index is 13.5. The van der Waals surface area contributed by atoms with E-state index in [0.717, 1.165) is 28.1 Å². The molecule has 2 aliphatic carbocycles. The van der Waals surface area contributed by atoms with Crippen LogP contribution in [0.2, 0.25) is 0 Å². The molecule has 31 heavy (non-hydrogen) atoms. The van der Waals surface area contributed by atoms with Gasteiger partial charge >= 0.3 is 0 Å². The van der Waals surface area contributed by atoms with E-state index in [1.807, 2.05) is 48.5 Å². The van der Waals surface area contributed by atoms with E-state index in [4.69, 9.17) is 4.98 Å². The van der Waals surface area contributed by atoms with Crippen LogP contribution in [0.15, 0.2) is 64.5 Å². The topological polar surface area (TPSA) is 52.0 Å². The minimum absolute atomic E-state index is 0.0328. The van der Waals surface area contributed by atoms with Crippen LogP contribution >= 0.6 is 11.8 Å². The molecular weight excluding hydrogens is 404 g/mol. The fourth-order valence-electron chi connectivity index (χ4n) is 4.83. The Morgan fingerprint density at radius 2 is 1.74 bits per heavy atom. The van der Waals surface area contributed by atoms with Crippen molar-refractivity contribution in [3.63, 3.8) is 0 Å². The van der Waals surface area contributed by atoms with Crippen LogP contribution in [-0.4, -0.2) is 21.1 Å². The number of para-hydroxylation sites is 1. The number of fused-ring (bicyclic) bond motifs is 3. The Labute approximate surface area is 186 Å². The highest BCUT2D eigenvalue weighted by atomic mass is 32.2. The minimum atomic E-state index is -0.0328. The number of hydrogen-bond acceptors (Lipinski definition) is 4. The Hall–Kier alpha value is -2.66. The van der Waals surface area contributed by atoms with Crippen LogP contribution in [0.3, 0.4) is 0 Å². The standard InChI is InChI=1S/C26H26N2O2S/c29-21(15-18-9-3-1-4-10-18)17-31-26-27-24-22-14-8-7-11-19(22)16-23(24)25(30)28(26)20-12-5-2-6-13-20/h2,5-8,11-14,18H,1,3-4,9-10,15-17H2. The maximum Gasteiger partial charge on any atom is 0.262 e. The van der Waals surface area contributed by atoms with Crippen LogP contribution in [0.5, 0.6) is 0 Å². The third kappa shape index (κ3) is 4.11. The monoisotopic (exact) mass is 430 g/mol. The van der Waals surface area contributed by atoms with Gasteiger partial charge in [-0.15, -0.1) is 0 Å². The van der Waals surface area contributed by atoms with Crippen molar-refractivity contribution in [1.82, 2.24) is 9.55 Å². The summed E-state index contributed by atoms with van der Waals surface area (Å²) >= 11 is 1.40. The molecule has 2 aliphatic rings. The van der Waals surface area contributed by atoms with E-state index < -0.39 is 0 Å². The van der Waals surface area contributed by atoms with E-state index in [0.29, 0.717) is 29.7 Å². The van der Waals surface area contributed by atoms with Crippen molar-refractivity contribution in [3.05, 3.63) is 76.1 Å². The number of hydrogen-bond donors (Lipinski definition) is 0. The molecule has 1 saturated carbocycles. The smallest absolute Gasteiger partial charge is 0.262 e. The van der Waals surface area contributed by atoms with Gasteiger partial charge in [0.25, 0.3) is 5.56 Å². The number of Topliss-reactive ketones (excluding diaryl/α,β-unsaturated/α-hetero) is 1. The number of rotatable bonds is 6. The van der Waals surface area contributed by atoms with Gasteiger partial charge in [-0.3, -0.25) is 14.2 Å². The van der Waals surface area contributed by atoms with Crippen molar-refractivity contribution >= 4 is 17.5 Å². The van der Waals surface area contributed by atoms with Crippen LogP contribution < -0.4 is 5.56 Å². The normalized spacial score (nSPS) is 15.5. The lowest BCUT2D eigenvalue weighted by atomic mass is 9.86. The predicted octanol–water partition coefficient (Wildman–Crippen LogP) is 5.44. The third-order valence-corrected chi connectivity index (χ3v) is 7.40. The second-order valence-electron chi connectivity index (χ2n) is 8.57. The van der Waals surface area contributed by atoms with Gasteiger partial charge in [-0.25, -0.2) is 4.98 Å². The Morgan fingerprint density at radius 3 is 2.55 bits per heavy atom. The van der Waals surface area contributed by atoms with Gasteiger partial charge < -0.3 is 0 Å². The summed E-state index contributed by atoms with van der Waals surface area (Å²) < 4.78 is 1.68. The minimum Gasteiger partial charge on any atom is -0.299 e. The molecule has 0 saturated heterocycles. The number of thioether (sulfide) groups is 1. The number of nitrogens with zero attached hydrogens (tertiary/aromatic N) is 2. The van der Waals surface area contributed by atoms with E-state index in [2.05, 4.69) is 6.07 Å². The first kappa shape index (κ1) is 20.3. The van der Waals surface area contributed by atoms with Crippen molar-refractivity contribution in [2.45, 2.75) is 50.1 Å². The molecule has 5 rings (SSSR count). The molecule has 0 atom stereocenters. The van der Waals surface area contributed by atoms with Gasteiger partial charge in [-0.05, 0) is 23.6 Å². The molecule has 0 N–H and O–H groups in total. The molecule has 0 radical (unpaired) electrons. The van der Waals surface area contributed by atoms with Gasteiger partial charge in [0.1, 0.15) is 5.78 Å². The largest absolute Gasteiger partial charge is 0.299 e. The predicted molar refractivity (Wildman–Crippen MR) is 125 cm³/mol. The summed E-state index contributed by atoms with van der Waals surface area (Å²) in [6, 6.07) is 17.7. The van der Waals surface area contributed by atoms with E-state index >= 15 is 0 Å². The molecule has 158 valence electrons. The lowest BCUT2D eigenvalue weighted by molar-refractivity contribution is -0.117. The SMILES string of the molecule is O=C(CSc1nc2c(c(=O)n1-c1ccccc1)Cc1ccccc1-2)CC1CCCCC1. The number of aromatic nitrogens is 2. The van der Waals surface area contributed by atoms with E-state index in [9.17, 15) is 9.59 Å². The van der Waals surface area contributed by atoms with Crippen molar-refractivity contribution in [1.29, 1.82) is 0 Å². The molecule has 2 aromatic carbocycles. The zero-order valence-electron chi connectivity index (χ0n) is 17.5. The molecule has 4 nitrogen and oxygen atoms in total. The van der Waals surface area contributed by atoms with Crippen LogP contribution in [0.4, 0.5) is 0 Å². The Kier molecular flexibility index (Phi) is 5.77. The van der Waals surface area contributed by atoms with Crippen molar-refractivity contribution in [3.8, 4) is 16.9 Å². The first-order valence-electron chi connectivity index (χ1n) is 11.1. The molecule has 0 amide bonds. The lowest BCUT2D eigenvalue weighted by Gasteiger charge is -2.20. The van der Waals surface area contributed by atoms with Crippen LogP contribution in [0, 0.1) is 5.92 Å². The quantitative estimate of drug-likeness (QED) is 0.302. The molecule has 0 unspecified atom stereocenters. The number of carbonyl (C=O) groups is 1. The second kappa shape index (κ2) is 8.83. The number of ketones is 1. The molecule has 1 fully saturated rings. The average molecular weight is 431 g/mol. The van der Waals surface area contributed by atoms with Gasteiger partial charge in [0, 0.05) is 24.0 Å². The number of benzene rings is 2. The van der Waals surface area contributed by atoms with Gasteiger partial charge in [-0.1, -0.05) is 86.3 Å². The highest BCUT2D eigenvalue weighted by Crippen LogP contribution is 2.35. The fourth-order valence-corrected chi connectivity index (χ4v) is 5.71. The molecular formula is C26H26N2O2S. The molecule has 0 aliphatic heterocycles. The maximum absolute atomic E-state index is 13.5. The lowest BCUT2D eigenvalue weighted by Crippen LogP contribution is -2.25. The molecule has 1 aromatic heterocycles. The average Bonchev–Trinajstić information content (AvgIpc) is 3.18. The van der Waals surface area contributed by atoms with Gasteiger partial charge in [0.05, 0.1) is 17.1 Å². The Bertz CT molecular complexity index is 1160. The zero-order valence-corrected chi connectivity index (χ0v) is 18.4. The summed E-state index contributed by atoms with van der Waals surface area (Å²) in [5, 5.41) is 0.601. The molecule has 0 spiro atoms. The molecule has 5 heteroatoms. The van der Waals surface area contributed by atoms with Crippen molar-refractivity contribution in [2.24, 2.45) is 5.92 Å². The third-order valence-electron chi connectivity index (χ3n) is 6.40. The first-order chi connectivity index (χ1) is 15.2. The molecule has 1 heterocycles. The summed E-state index contributed by atoms with van der Waals surface area (Å²) in [4.78, 5) is 31.2. The van der Waals surface area contributed by atoms with Crippen LogP contribution in [-0.2, 0) is 11.2 Å². The fraction of sp³-hybridized carbons (Fsp3) is 0.346. The highest BCUT2D eigenvalue weighted by molar-refractivity contribution is 7.99. The summed E-state index contributed by atoms with van der Waals surface area (Å²) in [5.41, 5.74) is 4.44. The van der Waals surface area contributed by atoms with Crippen LogP contribution in [0.25, 0.3) is 16.9 Å². The summed E-state index contributed by atoms with van der Waals surface area (Å²) in [7, 11) is 0. The Morgan fingerprint density at radius 1 is 1.00 bits per heavy atom. The number of carbonyl (C=O) groups excluding carboxylic acids is 1. The second-order valence-corrected chi connectivity index (χ2v) is 9.51. The summed E-state index contributed by atoms with van der Waals surface area (Å²) in [6.07, 6.45) is 7.36. The zero-order chi connectivity index (χ0) is 21.2. The van der Waals surface area contributed by atoms with E-state index in [-0.39, 0.29) is 11.3 Å². The Balaban J connectivity index is 1.47. The molecule has 3 aromatic rings. The van der Waals surface area contributed by atoms with E-state index in [1.165, 1.54) is 43.9 Å². The van der Waals surface area contributed by atoms with Gasteiger partial charge in [0.2, 0.25) is 0 Å².